The summed E-state index contributed by atoms with van der Waals surface area (Å²) in [6, 6.07) is 23.0. The van der Waals surface area contributed by atoms with E-state index in [0.717, 1.165) is 20.8 Å². The van der Waals surface area contributed by atoms with Crippen LogP contribution in [0.15, 0.2) is 72.8 Å². The van der Waals surface area contributed by atoms with E-state index in [2.05, 4.69) is 5.32 Å². The lowest BCUT2D eigenvalue weighted by Crippen LogP contribution is -2.42. The van der Waals surface area contributed by atoms with Gasteiger partial charge in [0.25, 0.3) is 5.91 Å². The Bertz CT molecular complexity index is 1150. The van der Waals surface area contributed by atoms with Crippen LogP contribution < -0.4 is 14.8 Å². The molecule has 1 aromatic heterocycles. The molecule has 152 valence electrons. The number of hydrogen-bond acceptors (Lipinski definition) is 5. The van der Waals surface area contributed by atoms with E-state index in [9.17, 15) is 4.79 Å². The minimum absolute atomic E-state index is 0.272. The zero-order valence-corrected chi connectivity index (χ0v) is 17.8. The van der Waals surface area contributed by atoms with E-state index in [4.69, 9.17) is 14.5 Å². The Hall–Kier alpha value is -3.38. The molecule has 0 saturated carbocycles. The number of carbonyl (C=O) groups excluding carboxylic acids is 1. The summed E-state index contributed by atoms with van der Waals surface area (Å²) in [5.41, 5.74) is 1.37. The van der Waals surface area contributed by atoms with Crippen LogP contribution >= 0.6 is 11.3 Å². The average Bonchev–Trinajstić information content (AvgIpc) is 3.18. The van der Waals surface area contributed by atoms with Gasteiger partial charge in [-0.1, -0.05) is 30.3 Å². The zero-order chi connectivity index (χ0) is 21.1. The molecule has 0 atom stereocenters. The van der Waals surface area contributed by atoms with Gasteiger partial charge in [0.05, 0.1) is 23.0 Å². The number of methoxy groups -OCH3 is 1. The Morgan fingerprint density at radius 2 is 1.73 bits per heavy atom. The molecule has 0 aliphatic carbocycles. The summed E-state index contributed by atoms with van der Waals surface area (Å²) in [5, 5.41) is 3.84. The lowest BCUT2D eigenvalue weighted by atomic mass is 10.1. The van der Waals surface area contributed by atoms with Gasteiger partial charge < -0.3 is 14.8 Å². The van der Waals surface area contributed by atoms with Gasteiger partial charge >= 0.3 is 0 Å². The van der Waals surface area contributed by atoms with Crippen LogP contribution in [-0.4, -0.2) is 23.6 Å². The number of aromatic nitrogens is 1. The maximum absolute atomic E-state index is 13.0. The first-order valence-electron chi connectivity index (χ1n) is 9.56. The highest BCUT2D eigenvalue weighted by Gasteiger charge is 2.30. The number of anilines is 1. The second kappa shape index (κ2) is 8.16. The minimum Gasteiger partial charge on any atom is -0.495 e. The summed E-state index contributed by atoms with van der Waals surface area (Å²) < 4.78 is 12.5. The van der Waals surface area contributed by atoms with Crippen LogP contribution in [0.25, 0.3) is 20.8 Å². The number of para-hydroxylation sites is 2. The van der Waals surface area contributed by atoms with E-state index in [0.29, 0.717) is 17.2 Å². The third-order valence-corrected chi connectivity index (χ3v) is 5.74. The highest BCUT2D eigenvalue weighted by Crippen LogP contribution is 2.35. The molecule has 0 fully saturated rings. The molecule has 1 N–H and O–H groups in total. The lowest BCUT2D eigenvalue weighted by Gasteiger charge is -2.25. The fourth-order valence-electron chi connectivity index (χ4n) is 3.04. The first-order valence-corrected chi connectivity index (χ1v) is 10.4. The third kappa shape index (κ3) is 4.14. The van der Waals surface area contributed by atoms with Gasteiger partial charge in [-0.15, -0.1) is 11.3 Å². The molecule has 0 bridgehead atoms. The number of benzene rings is 3. The Morgan fingerprint density at radius 3 is 2.47 bits per heavy atom. The number of carbonyl (C=O) groups is 1. The van der Waals surface area contributed by atoms with Gasteiger partial charge in [0.2, 0.25) is 0 Å². The fraction of sp³-hybridized carbons (Fsp3) is 0.167. The van der Waals surface area contributed by atoms with Crippen molar-refractivity contribution in [2.45, 2.75) is 19.4 Å². The molecule has 4 rings (SSSR count). The number of rotatable bonds is 6. The first kappa shape index (κ1) is 19.9. The quantitative estimate of drug-likeness (QED) is 0.432. The second-order valence-electron chi connectivity index (χ2n) is 7.28. The smallest absolute Gasteiger partial charge is 0.268 e. The standard InChI is InChI=1S/C24H22N2O3S/c1-24(2,29-17-9-5-4-6-10-17)23(27)26-19-15-16(13-14-20(19)28-3)22-25-18-11-7-8-12-21(18)30-22/h4-15H,1-3H3,(H,26,27). The summed E-state index contributed by atoms with van der Waals surface area (Å²) >= 11 is 1.61. The Labute approximate surface area is 179 Å². The van der Waals surface area contributed by atoms with Gasteiger partial charge in [0, 0.05) is 5.56 Å². The molecule has 0 aliphatic heterocycles. The first-order chi connectivity index (χ1) is 14.5. The van der Waals surface area contributed by atoms with Crippen molar-refractivity contribution in [1.82, 2.24) is 4.98 Å². The van der Waals surface area contributed by atoms with Crippen molar-refractivity contribution >= 4 is 33.1 Å². The lowest BCUT2D eigenvalue weighted by molar-refractivity contribution is -0.128. The topological polar surface area (TPSA) is 60.5 Å². The maximum Gasteiger partial charge on any atom is 0.268 e. The van der Waals surface area contributed by atoms with Crippen LogP contribution in [0, 0.1) is 0 Å². The van der Waals surface area contributed by atoms with Crippen molar-refractivity contribution in [2.75, 3.05) is 12.4 Å². The molecule has 1 amide bonds. The number of amides is 1. The number of hydrogen-bond donors (Lipinski definition) is 1. The van der Waals surface area contributed by atoms with Crippen LogP contribution in [0.5, 0.6) is 11.5 Å². The van der Waals surface area contributed by atoms with Gasteiger partial charge in [0.1, 0.15) is 16.5 Å². The van der Waals surface area contributed by atoms with Gasteiger partial charge in [-0.25, -0.2) is 4.98 Å². The van der Waals surface area contributed by atoms with Crippen molar-refractivity contribution < 1.29 is 14.3 Å². The molecular weight excluding hydrogens is 396 g/mol. The SMILES string of the molecule is COc1ccc(-c2nc3ccccc3s2)cc1NC(=O)C(C)(C)Oc1ccccc1. The largest absolute Gasteiger partial charge is 0.495 e. The second-order valence-corrected chi connectivity index (χ2v) is 8.31. The minimum atomic E-state index is -1.07. The molecule has 0 spiro atoms. The molecule has 0 saturated heterocycles. The van der Waals surface area contributed by atoms with Crippen LogP contribution in [0.3, 0.4) is 0 Å². The van der Waals surface area contributed by atoms with E-state index in [1.807, 2.05) is 72.8 Å². The molecular formula is C24H22N2O3S. The molecule has 0 unspecified atom stereocenters. The van der Waals surface area contributed by atoms with E-state index < -0.39 is 5.60 Å². The van der Waals surface area contributed by atoms with E-state index in [-0.39, 0.29) is 5.91 Å². The molecule has 3 aromatic carbocycles. The van der Waals surface area contributed by atoms with E-state index in [1.165, 1.54) is 0 Å². The highest BCUT2D eigenvalue weighted by molar-refractivity contribution is 7.21. The van der Waals surface area contributed by atoms with Crippen molar-refractivity contribution in [3.05, 3.63) is 72.8 Å². The number of nitrogens with zero attached hydrogens (tertiary/aromatic N) is 1. The van der Waals surface area contributed by atoms with Crippen LogP contribution in [0.2, 0.25) is 0 Å². The van der Waals surface area contributed by atoms with Gasteiger partial charge in [0.15, 0.2) is 5.60 Å². The molecule has 4 aromatic rings. The monoisotopic (exact) mass is 418 g/mol. The summed E-state index contributed by atoms with van der Waals surface area (Å²) in [5.74, 6) is 0.933. The molecule has 0 aliphatic rings. The predicted octanol–water partition coefficient (Wildman–Crippen LogP) is 5.77. The van der Waals surface area contributed by atoms with Crippen molar-refractivity contribution in [3.63, 3.8) is 0 Å². The molecule has 5 nitrogen and oxygen atoms in total. The Kier molecular flexibility index (Phi) is 5.42. The van der Waals surface area contributed by atoms with Gasteiger partial charge in [-0.05, 0) is 56.3 Å². The molecule has 6 heteroatoms. The van der Waals surface area contributed by atoms with Crippen molar-refractivity contribution in [3.8, 4) is 22.1 Å². The Balaban J connectivity index is 1.61. The number of ether oxygens (including phenoxy) is 2. The maximum atomic E-state index is 13.0. The zero-order valence-electron chi connectivity index (χ0n) is 17.0. The van der Waals surface area contributed by atoms with Crippen molar-refractivity contribution in [1.29, 1.82) is 0 Å². The molecule has 30 heavy (non-hydrogen) atoms. The Morgan fingerprint density at radius 1 is 1.00 bits per heavy atom. The van der Waals surface area contributed by atoms with Crippen LogP contribution in [-0.2, 0) is 4.79 Å². The number of nitrogens with one attached hydrogen (secondary N) is 1. The normalized spacial score (nSPS) is 11.3. The van der Waals surface area contributed by atoms with Crippen LogP contribution in [0.4, 0.5) is 5.69 Å². The van der Waals surface area contributed by atoms with Crippen LogP contribution in [0.1, 0.15) is 13.8 Å². The fourth-order valence-corrected chi connectivity index (χ4v) is 4.00. The predicted molar refractivity (Wildman–Crippen MR) is 121 cm³/mol. The summed E-state index contributed by atoms with van der Waals surface area (Å²) in [4.78, 5) is 17.7. The third-order valence-electron chi connectivity index (χ3n) is 4.65. The van der Waals surface area contributed by atoms with E-state index in [1.54, 1.807) is 32.3 Å². The van der Waals surface area contributed by atoms with Gasteiger partial charge in [-0.3, -0.25) is 4.79 Å². The number of fused-ring (bicyclic) bond motifs is 1. The van der Waals surface area contributed by atoms with Crippen molar-refractivity contribution in [2.24, 2.45) is 0 Å². The highest BCUT2D eigenvalue weighted by atomic mass is 32.1. The average molecular weight is 419 g/mol. The van der Waals surface area contributed by atoms with Gasteiger partial charge in [-0.2, -0.15) is 0 Å². The summed E-state index contributed by atoms with van der Waals surface area (Å²) in [6.07, 6.45) is 0. The van der Waals surface area contributed by atoms with E-state index >= 15 is 0 Å². The summed E-state index contributed by atoms with van der Waals surface area (Å²) in [6.45, 7) is 3.47. The summed E-state index contributed by atoms with van der Waals surface area (Å²) in [7, 11) is 1.58. The molecule has 1 heterocycles. The number of thiazole rings is 1. The molecule has 0 radical (unpaired) electrons.